The Balaban J connectivity index is 2.06. The van der Waals surface area contributed by atoms with E-state index < -0.39 is 0 Å². The summed E-state index contributed by atoms with van der Waals surface area (Å²) in [6, 6.07) is 8.80. The number of nitrogens with zero attached hydrogens (tertiary/aromatic N) is 2. The van der Waals surface area contributed by atoms with E-state index in [0.29, 0.717) is 6.42 Å². The highest BCUT2D eigenvalue weighted by Gasteiger charge is 2.21. The first-order valence-corrected chi connectivity index (χ1v) is 7.55. The summed E-state index contributed by atoms with van der Waals surface area (Å²) in [6.45, 7) is 12.2. The lowest BCUT2D eigenvalue weighted by molar-refractivity contribution is -0.131. The van der Waals surface area contributed by atoms with E-state index in [1.165, 1.54) is 11.3 Å². The molecule has 1 aromatic rings. The predicted molar refractivity (Wildman–Crippen MR) is 84.2 cm³/mol. The van der Waals surface area contributed by atoms with Crippen molar-refractivity contribution >= 4 is 11.6 Å². The van der Waals surface area contributed by atoms with E-state index in [4.69, 9.17) is 0 Å². The fourth-order valence-electron chi connectivity index (χ4n) is 2.61. The Labute approximate surface area is 122 Å². The summed E-state index contributed by atoms with van der Waals surface area (Å²) < 4.78 is 0. The SMILES string of the molecule is CCC(=O)N1CCN(c2cccc(C(C)(C)C)c2)CC1. The lowest BCUT2D eigenvalue weighted by Gasteiger charge is -2.36. The maximum Gasteiger partial charge on any atom is 0.222 e. The third-order valence-corrected chi connectivity index (χ3v) is 4.01. The van der Waals surface area contributed by atoms with Crippen LogP contribution in [0.3, 0.4) is 0 Å². The standard InChI is InChI=1S/C17H26N2O/c1-5-16(20)19-11-9-18(10-12-19)15-8-6-7-14(13-15)17(2,3)4/h6-8,13H,5,9-12H2,1-4H3. The zero-order valence-electron chi connectivity index (χ0n) is 13.1. The van der Waals surface area contributed by atoms with E-state index in [0.717, 1.165) is 26.2 Å². The van der Waals surface area contributed by atoms with Gasteiger partial charge < -0.3 is 9.80 Å². The molecule has 1 saturated heterocycles. The molecular weight excluding hydrogens is 248 g/mol. The van der Waals surface area contributed by atoms with Gasteiger partial charge in [0.15, 0.2) is 0 Å². The van der Waals surface area contributed by atoms with Gasteiger partial charge in [0.25, 0.3) is 0 Å². The minimum atomic E-state index is 0.177. The molecular formula is C17H26N2O. The van der Waals surface area contributed by atoms with Crippen molar-refractivity contribution in [3.63, 3.8) is 0 Å². The van der Waals surface area contributed by atoms with Gasteiger partial charge in [0.1, 0.15) is 0 Å². The van der Waals surface area contributed by atoms with Crippen molar-refractivity contribution in [3.8, 4) is 0 Å². The molecule has 2 rings (SSSR count). The maximum atomic E-state index is 11.7. The van der Waals surface area contributed by atoms with Gasteiger partial charge >= 0.3 is 0 Å². The number of anilines is 1. The molecule has 0 aliphatic carbocycles. The molecule has 3 heteroatoms. The molecule has 0 bridgehead atoms. The molecule has 1 aliphatic heterocycles. The molecule has 1 amide bonds. The van der Waals surface area contributed by atoms with Gasteiger partial charge in [0, 0.05) is 38.3 Å². The Morgan fingerprint density at radius 3 is 2.35 bits per heavy atom. The second-order valence-electron chi connectivity index (χ2n) is 6.52. The molecule has 0 unspecified atom stereocenters. The molecule has 3 nitrogen and oxygen atoms in total. The molecule has 1 heterocycles. The fourth-order valence-corrected chi connectivity index (χ4v) is 2.61. The third kappa shape index (κ3) is 3.33. The van der Waals surface area contributed by atoms with Gasteiger partial charge in [-0.3, -0.25) is 4.79 Å². The van der Waals surface area contributed by atoms with Gasteiger partial charge in [0.2, 0.25) is 5.91 Å². The van der Waals surface area contributed by atoms with Crippen LogP contribution in [0.2, 0.25) is 0 Å². The number of piperazine rings is 1. The Morgan fingerprint density at radius 1 is 1.15 bits per heavy atom. The lowest BCUT2D eigenvalue weighted by atomic mass is 9.87. The van der Waals surface area contributed by atoms with Crippen LogP contribution in [-0.4, -0.2) is 37.0 Å². The normalized spacial score (nSPS) is 16.4. The minimum absolute atomic E-state index is 0.177. The van der Waals surface area contributed by atoms with Crippen molar-refractivity contribution in [1.29, 1.82) is 0 Å². The van der Waals surface area contributed by atoms with Crippen molar-refractivity contribution in [2.24, 2.45) is 0 Å². The number of hydrogen-bond donors (Lipinski definition) is 0. The van der Waals surface area contributed by atoms with Crippen LogP contribution in [-0.2, 0) is 10.2 Å². The molecule has 1 fully saturated rings. The van der Waals surface area contributed by atoms with E-state index >= 15 is 0 Å². The largest absolute Gasteiger partial charge is 0.368 e. The summed E-state index contributed by atoms with van der Waals surface area (Å²) >= 11 is 0. The Bertz CT molecular complexity index is 468. The van der Waals surface area contributed by atoms with Gasteiger partial charge in [0.05, 0.1) is 0 Å². The molecule has 0 aromatic heterocycles. The first kappa shape index (κ1) is 14.9. The zero-order chi connectivity index (χ0) is 14.8. The van der Waals surface area contributed by atoms with E-state index in [2.05, 4.69) is 49.9 Å². The van der Waals surface area contributed by atoms with Crippen LogP contribution in [0.1, 0.15) is 39.7 Å². The number of carbonyl (C=O) groups excluding carboxylic acids is 1. The average Bonchev–Trinajstić information content (AvgIpc) is 2.46. The Hall–Kier alpha value is -1.51. The van der Waals surface area contributed by atoms with Crippen LogP contribution in [0.25, 0.3) is 0 Å². The first-order valence-electron chi connectivity index (χ1n) is 7.55. The molecule has 0 atom stereocenters. The second-order valence-corrected chi connectivity index (χ2v) is 6.52. The average molecular weight is 274 g/mol. The third-order valence-electron chi connectivity index (χ3n) is 4.01. The lowest BCUT2D eigenvalue weighted by Crippen LogP contribution is -2.48. The van der Waals surface area contributed by atoms with Crippen LogP contribution in [0.5, 0.6) is 0 Å². The highest BCUT2D eigenvalue weighted by Crippen LogP contribution is 2.26. The van der Waals surface area contributed by atoms with Gasteiger partial charge in [-0.05, 0) is 23.1 Å². The zero-order valence-corrected chi connectivity index (χ0v) is 13.1. The van der Waals surface area contributed by atoms with Crippen LogP contribution >= 0.6 is 0 Å². The van der Waals surface area contributed by atoms with Crippen molar-refractivity contribution in [1.82, 2.24) is 4.90 Å². The number of amides is 1. The number of carbonyl (C=O) groups is 1. The molecule has 20 heavy (non-hydrogen) atoms. The summed E-state index contributed by atoms with van der Waals surface area (Å²) in [5.74, 6) is 0.271. The summed E-state index contributed by atoms with van der Waals surface area (Å²) in [7, 11) is 0. The number of rotatable bonds is 2. The molecule has 1 aromatic carbocycles. The smallest absolute Gasteiger partial charge is 0.222 e. The molecule has 0 saturated carbocycles. The maximum absolute atomic E-state index is 11.7. The van der Waals surface area contributed by atoms with Gasteiger partial charge in [-0.25, -0.2) is 0 Å². The van der Waals surface area contributed by atoms with Crippen molar-refractivity contribution in [2.45, 2.75) is 39.5 Å². The predicted octanol–water partition coefficient (Wildman–Crippen LogP) is 3.04. The summed E-state index contributed by atoms with van der Waals surface area (Å²) in [4.78, 5) is 16.1. The molecule has 0 radical (unpaired) electrons. The molecule has 0 N–H and O–H groups in total. The van der Waals surface area contributed by atoms with Crippen LogP contribution in [0, 0.1) is 0 Å². The van der Waals surface area contributed by atoms with E-state index in [1.807, 2.05) is 11.8 Å². The first-order chi connectivity index (χ1) is 9.41. The molecule has 0 spiro atoms. The Morgan fingerprint density at radius 2 is 1.80 bits per heavy atom. The summed E-state index contributed by atoms with van der Waals surface area (Å²) in [6.07, 6.45) is 0.611. The summed E-state index contributed by atoms with van der Waals surface area (Å²) in [5.41, 5.74) is 2.82. The quantitative estimate of drug-likeness (QED) is 0.827. The van der Waals surface area contributed by atoms with Gasteiger partial charge in [-0.1, -0.05) is 39.8 Å². The fraction of sp³-hybridized carbons (Fsp3) is 0.588. The Kier molecular flexibility index (Phi) is 4.36. The summed E-state index contributed by atoms with van der Waals surface area (Å²) in [5, 5.41) is 0. The van der Waals surface area contributed by atoms with Crippen LogP contribution in [0.15, 0.2) is 24.3 Å². The number of benzene rings is 1. The van der Waals surface area contributed by atoms with Crippen molar-refractivity contribution in [2.75, 3.05) is 31.1 Å². The highest BCUT2D eigenvalue weighted by atomic mass is 16.2. The van der Waals surface area contributed by atoms with Crippen LogP contribution in [0.4, 0.5) is 5.69 Å². The second kappa shape index (κ2) is 5.86. The van der Waals surface area contributed by atoms with Gasteiger partial charge in [-0.2, -0.15) is 0 Å². The van der Waals surface area contributed by atoms with E-state index in [1.54, 1.807) is 0 Å². The minimum Gasteiger partial charge on any atom is -0.368 e. The van der Waals surface area contributed by atoms with Crippen LogP contribution < -0.4 is 4.90 Å². The topological polar surface area (TPSA) is 23.6 Å². The van der Waals surface area contributed by atoms with Gasteiger partial charge in [-0.15, -0.1) is 0 Å². The monoisotopic (exact) mass is 274 g/mol. The molecule has 1 aliphatic rings. The van der Waals surface area contributed by atoms with Crippen molar-refractivity contribution in [3.05, 3.63) is 29.8 Å². The highest BCUT2D eigenvalue weighted by molar-refractivity contribution is 5.76. The number of hydrogen-bond acceptors (Lipinski definition) is 2. The van der Waals surface area contributed by atoms with Crippen molar-refractivity contribution < 1.29 is 4.79 Å². The molecule has 110 valence electrons. The van der Waals surface area contributed by atoms with E-state index in [9.17, 15) is 4.79 Å². The van der Waals surface area contributed by atoms with E-state index in [-0.39, 0.29) is 11.3 Å².